The van der Waals surface area contributed by atoms with Gasteiger partial charge in [0.1, 0.15) is 6.04 Å². The Balaban J connectivity index is 1.48. The lowest BCUT2D eigenvalue weighted by Crippen LogP contribution is -2.59. The van der Waals surface area contributed by atoms with Crippen LogP contribution >= 0.6 is 11.3 Å². The van der Waals surface area contributed by atoms with Gasteiger partial charge in [0.15, 0.2) is 0 Å². The molecule has 212 valence electrons. The van der Waals surface area contributed by atoms with Gasteiger partial charge in [-0.05, 0) is 62.5 Å². The summed E-state index contributed by atoms with van der Waals surface area (Å²) in [5, 5.41) is 16.2. The predicted octanol–water partition coefficient (Wildman–Crippen LogP) is 4.71. The quantitative estimate of drug-likeness (QED) is 0.278. The van der Waals surface area contributed by atoms with Crippen LogP contribution in [-0.4, -0.2) is 52.5 Å². The van der Waals surface area contributed by atoms with Crippen molar-refractivity contribution in [3.63, 3.8) is 0 Å². The molecule has 0 bridgehead atoms. The van der Waals surface area contributed by atoms with Crippen molar-refractivity contribution < 1.29 is 19.5 Å². The summed E-state index contributed by atoms with van der Waals surface area (Å²) in [4.78, 5) is 43.1. The second-order valence-electron chi connectivity index (χ2n) is 10.3. The lowest BCUT2D eigenvalue weighted by atomic mass is 9.85. The van der Waals surface area contributed by atoms with Crippen LogP contribution in [0.5, 0.6) is 0 Å². The second-order valence-corrected chi connectivity index (χ2v) is 11.1. The number of aliphatic carboxylic acids is 1. The monoisotopic (exact) mass is 562 g/mol. The second kappa shape index (κ2) is 14.7. The summed E-state index contributed by atoms with van der Waals surface area (Å²) in [6, 6.07) is 17.5. The third-order valence-electron chi connectivity index (χ3n) is 7.63. The van der Waals surface area contributed by atoms with Crippen LogP contribution in [0.3, 0.4) is 0 Å². The zero-order chi connectivity index (χ0) is 28.3. The number of aromatic nitrogens is 1. The molecular weight excluding hydrogens is 524 g/mol. The van der Waals surface area contributed by atoms with E-state index in [2.05, 4.69) is 15.7 Å². The standard InChI is InChI=1S/C31H38N4O4S/c1-32-29(36)28-11-6-18-34-35(28)30(37)25(17-14-23-12-15-24(16-13-23)27-20-40-21-33-27)19-26(31(38)39)10-5-9-22-7-3-2-4-8-22/h2-4,7-8,12-13,15-16,20-21,25-26,28,34H,5-6,9-11,14,17-19H2,1H3,(H,32,36)(H,38,39)/t25?,26?,28-/m0/s1. The number of nitrogens with one attached hydrogen (secondary N) is 2. The van der Waals surface area contributed by atoms with Crippen LogP contribution in [0.25, 0.3) is 11.3 Å². The zero-order valence-corrected chi connectivity index (χ0v) is 23.7. The number of hydrazine groups is 1. The van der Waals surface area contributed by atoms with Crippen molar-refractivity contribution in [2.45, 2.75) is 57.4 Å². The minimum Gasteiger partial charge on any atom is -0.481 e. The first-order valence-corrected chi connectivity index (χ1v) is 14.9. The molecule has 1 aliphatic rings. The molecule has 2 unspecified atom stereocenters. The molecule has 2 heterocycles. The van der Waals surface area contributed by atoms with Crippen LogP contribution < -0.4 is 10.7 Å². The van der Waals surface area contributed by atoms with Gasteiger partial charge < -0.3 is 10.4 Å². The van der Waals surface area contributed by atoms with E-state index < -0.39 is 23.8 Å². The molecule has 4 rings (SSSR count). The molecule has 0 aliphatic carbocycles. The summed E-state index contributed by atoms with van der Waals surface area (Å²) in [6.07, 6.45) is 4.72. The number of likely N-dealkylation sites (N-methyl/N-ethyl adjacent to an activating group) is 1. The number of thiazole rings is 1. The van der Waals surface area contributed by atoms with E-state index in [1.54, 1.807) is 23.9 Å². The number of carboxylic acid groups (broad SMARTS) is 1. The van der Waals surface area contributed by atoms with E-state index in [4.69, 9.17) is 0 Å². The first kappa shape index (κ1) is 29.4. The highest BCUT2D eigenvalue weighted by Gasteiger charge is 2.37. The van der Waals surface area contributed by atoms with Crippen molar-refractivity contribution in [1.82, 2.24) is 20.7 Å². The van der Waals surface area contributed by atoms with Crippen molar-refractivity contribution in [1.29, 1.82) is 0 Å². The Labute approximate surface area is 239 Å². The van der Waals surface area contributed by atoms with Gasteiger partial charge in [0.05, 0.1) is 17.1 Å². The molecule has 1 fully saturated rings. The molecule has 8 nitrogen and oxygen atoms in total. The smallest absolute Gasteiger partial charge is 0.306 e. The lowest BCUT2D eigenvalue weighted by Gasteiger charge is -2.37. The summed E-state index contributed by atoms with van der Waals surface area (Å²) in [5.74, 6) is -2.48. The van der Waals surface area contributed by atoms with Gasteiger partial charge in [-0.25, -0.2) is 10.4 Å². The Morgan fingerprint density at radius 1 is 1.05 bits per heavy atom. The molecule has 1 aromatic heterocycles. The fourth-order valence-electron chi connectivity index (χ4n) is 5.34. The molecule has 1 aliphatic heterocycles. The molecular formula is C31H38N4O4S. The van der Waals surface area contributed by atoms with E-state index in [-0.39, 0.29) is 18.2 Å². The Morgan fingerprint density at radius 2 is 1.80 bits per heavy atom. The van der Waals surface area contributed by atoms with Crippen molar-refractivity contribution in [3.05, 3.63) is 76.6 Å². The predicted molar refractivity (Wildman–Crippen MR) is 156 cm³/mol. The summed E-state index contributed by atoms with van der Waals surface area (Å²) in [6.45, 7) is 0.601. The van der Waals surface area contributed by atoms with Gasteiger partial charge in [-0.1, -0.05) is 54.6 Å². The molecule has 2 amide bonds. The first-order chi connectivity index (χ1) is 19.5. The third-order valence-corrected chi connectivity index (χ3v) is 8.21. The average Bonchev–Trinajstić information content (AvgIpc) is 3.53. The number of carbonyl (C=O) groups is 3. The Bertz CT molecular complexity index is 1230. The number of hydrogen-bond donors (Lipinski definition) is 3. The maximum atomic E-state index is 13.9. The van der Waals surface area contributed by atoms with Crippen LogP contribution in [0.1, 0.15) is 49.7 Å². The van der Waals surface area contributed by atoms with E-state index in [0.29, 0.717) is 32.2 Å². The number of aryl methyl sites for hydroxylation is 2. The molecule has 0 saturated carbocycles. The van der Waals surface area contributed by atoms with Crippen LogP contribution in [0.15, 0.2) is 65.5 Å². The fourth-order valence-corrected chi connectivity index (χ4v) is 5.90. The molecule has 40 heavy (non-hydrogen) atoms. The molecule has 3 aromatic rings. The topological polar surface area (TPSA) is 112 Å². The number of carbonyl (C=O) groups excluding carboxylic acids is 2. The largest absolute Gasteiger partial charge is 0.481 e. The van der Waals surface area contributed by atoms with Crippen LogP contribution in [0.4, 0.5) is 0 Å². The molecule has 0 radical (unpaired) electrons. The SMILES string of the molecule is CNC(=O)[C@@H]1CCCNN1C(=O)C(CCc1ccc(-c2cscn2)cc1)CC(CCCc1ccccc1)C(=O)O. The van der Waals surface area contributed by atoms with Crippen LogP contribution in [0, 0.1) is 11.8 Å². The van der Waals surface area contributed by atoms with E-state index in [1.807, 2.05) is 60.0 Å². The highest BCUT2D eigenvalue weighted by atomic mass is 32.1. The van der Waals surface area contributed by atoms with Gasteiger partial charge in [-0.2, -0.15) is 0 Å². The first-order valence-electron chi connectivity index (χ1n) is 14.0. The van der Waals surface area contributed by atoms with Crippen molar-refractivity contribution >= 4 is 29.1 Å². The van der Waals surface area contributed by atoms with Crippen molar-refractivity contribution in [2.75, 3.05) is 13.6 Å². The normalized spacial score (nSPS) is 16.7. The average molecular weight is 563 g/mol. The van der Waals surface area contributed by atoms with E-state index in [0.717, 1.165) is 36.1 Å². The number of rotatable bonds is 13. The van der Waals surface area contributed by atoms with Crippen molar-refractivity contribution in [2.24, 2.45) is 11.8 Å². The van der Waals surface area contributed by atoms with E-state index in [9.17, 15) is 19.5 Å². The zero-order valence-electron chi connectivity index (χ0n) is 22.9. The summed E-state index contributed by atoms with van der Waals surface area (Å²) >= 11 is 1.55. The molecule has 3 atom stereocenters. The fraction of sp³-hybridized carbons (Fsp3) is 0.419. The van der Waals surface area contributed by atoms with Gasteiger partial charge in [0.2, 0.25) is 11.8 Å². The van der Waals surface area contributed by atoms with E-state index >= 15 is 0 Å². The summed E-state index contributed by atoms with van der Waals surface area (Å²) in [7, 11) is 1.57. The molecule has 0 spiro atoms. The highest BCUT2D eigenvalue weighted by molar-refractivity contribution is 7.07. The summed E-state index contributed by atoms with van der Waals surface area (Å²) in [5.41, 5.74) is 9.14. The number of benzene rings is 2. The number of hydrogen-bond acceptors (Lipinski definition) is 6. The molecule has 1 saturated heterocycles. The molecule has 9 heteroatoms. The molecule has 3 N–H and O–H groups in total. The lowest BCUT2D eigenvalue weighted by molar-refractivity contribution is -0.151. The van der Waals surface area contributed by atoms with Crippen LogP contribution in [-0.2, 0) is 27.2 Å². The Kier molecular flexibility index (Phi) is 10.8. The minimum atomic E-state index is -0.882. The summed E-state index contributed by atoms with van der Waals surface area (Å²) < 4.78 is 0. The minimum absolute atomic E-state index is 0.207. The Hall–Kier alpha value is -3.56. The van der Waals surface area contributed by atoms with Gasteiger partial charge in [-0.15, -0.1) is 11.3 Å². The van der Waals surface area contributed by atoms with Crippen molar-refractivity contribution in [3.8, 4) is 11.3 Å². The van der Waals surface area contributed by atoms with Gasteiger partial charge >= 0.3 is 5.97 Å². The Morgan fingerprint density at radius 3 is 2.48 bits per heavy atom. The number of carboxylic acids is 1. The van der Waals surface area contributed by atoms with E-state index in [1.165, 1.54) is 10.6 Å². The number of nitrogens with zero attached hydrogens (tertiary/aromatic N) is 2. The third kappa shape index (κ3) is 7.99. The highest BCUT2D eigenvalue weighted by Crippen LogP contribution is 2.27. The van der Waals surface area contributed by atoms with Crippen LogP contribution in [0.2, 0.25) is 0 Å². The number of amides is 2. The molecule has 2 aromatic carbocycles. The van der Waals surface area contributed by atoms with Gasteiger partial charge in [0.25, 0.3) is 0 Å². The maximum absolute atomic E-state index is 13.9. The van der Waals surface area contributed by atoms with Gasteiger partial charge in [0, 0.05) is 30.5 Å². The van der Waals surface area contributed by atoms with Gasteiger partial charge in [-0.3, -0.25) is 19.4 Å². The maximum Gasteiger partial charge on any atom is 0.306 e.